The number of ether oxygens (including phenoxy) is 2. The molecular formula is C26H44F3N5O4. The largest absolute Gasteiger partial charge is 0.481 e. The molecule has 1 aliphatic rings. The minimum absolute atomic E-state index is 0.387. The number of carbonyl (C=O) groups is 2. The minimum Gasteiger partial charge on any atom is -0.481 e. The van der Waals surface area contributed by atoms with Crippen molar-refractivity contribution in [1.29, 1.82) is 0 Å². The highest BCUT2D eigenvalue weighted by molar-refractivity contribution is 5.88. The second-order valence-corrected chi connectivity index (χ2v) is 8.07. The molecular weight excluding hydrogens is 503 g/mol. The van der Waals surface area contributed by atoms with E-state index < -0.39 is 12.1 Å². The van der Waals surface area contributed by atoms with Crippen LogP contribution in [0.2, 0.25) is 0 Å². The van der Waals surface area contributed by atoms with Crippen LogP contribution in [0, 0.1) is 0 Å². The predicted molar refractivity (Wildman–Crippen MR) is 146 cm³/mol. The molecule has 3 heterocycles. The smallest absolute Gasteiger partial charge is 0.471 e. The molecule has 0 bridgehead atoms. The third kappa shape index (κ3) is 14.4. The first-order valence-corrected chi connectivity index (χ1v) is 12.6. The van der Waals surface area contributed by atoms with Gasteiger partial charge in [-0.3, -0.25) is 9.78 Å². The van der Waals surface area contributed by atoms with Crippen molar-refractivity contribution in [2.45, 2.75) is 73.1 Å². The molecule has 38 heavy (non-hydrogen) atoms. The number of hydrogen-bond donors (Lipinski definition) is 2. The maximum atomic E-state index is 11.0. The fourth-order valence-electron chi connectivity index (χ4n) is 2.79. The van der Waals surface area contributed by atoms with Gasteiger partial charge in [-0.2, -0.15) is 13.2 Å². The zero-order valence-electron chi connectivity index (χ0n) is 24.2. The zero-order valence-corrected chi connectivity index (χ0v) is 24.2. The second kappa shape index (κ2) is 18.9. The average molecular weight is 548 g/mol. The van der Waals surface area contributed by atoms with E-state index in [1.165, 1.54) is 30.9 Å². The molecule has 9 nitrogen and oxygen atoms in total. The molecule has 0 radical (unpaired) electrons. The average Bonchev–Trinajstić information content (AvgIpc) is 3.44. The van der Waals surface area contributed by atoms with Crippen molar-refractivity contribution in [3.8, 4) is 5.88 Å². The molecule has 0 aromatic carbocycles. The summed E-state index contributed by atoms with van der Waals surface area (Å²) in [7, 11) is 4.10. The molecule has 3 rings (SSSR count). The van der Waals surface area contributed by atoms with Crippen LogP contribution in [0.5, 0.6) is 5.88 Å². The van der Waals surface area contributed by atoms with Crippen LogP contribution in [-0.2, 0) is 9.53 Å². The molecule has 2 N–H and O–H groups in total. The number of rotatable bonds is 2. The predicted octanol–water partition coefficient (Wildman–Crippen LogP) is 5.73. The van der Waals surface area contributed by atoms with Gasteiger partial charge in [0, 0.05) is 39.4 Å². The Labute approximate surface area is 224 Å². The number of anilines is 1. The lowest BCUT2D eigenvalue weighted by Crippen LogP contribution is -2.33. The fourth-order valence-corrected chi connectivity index (χ4v) is 2.79. The third-order valence-electron chi connectivity index (χ3n) is 4.28. The van der Waals surface area contributed by atoms with E-state index in [9.17, 15) is 22.8 Å². The van der Waals surface area contributed by atoms with E-state index in [1.807, 2.05) is 72.9 Å². The summed E-state index contributed by atoms with van der Waals surface area (Å²) in [6.07, 6.45) is -0.761. The fraction of sp³-hybridized carbons (Fsp3) is 0.615. The van der Waals surface area contributed by atoms with Crippen molar-refractivity contribution < 1.29 is 32.2 Å². The highest BCUT2D eigenvalue weighted by atomic mass is 19.4. The SMILES string of the molecule is CC.CC.CNC(=O)C(F)(F)F.CNC(=O)OC(C)(C)C.COc1ccc2nccc(N3CCCC3)c2n1. The van der Waals surface area contributed by atoms with Gasteiger partial charge >= 0.3 is 18.2 Å². The van der Waals surface area contributed by atoms with Gasteiger partial charge in [0.1, 0.15) is 11.1 Å². The number of amides is 2. The van der Waals surface area contributed by atoms with Crippen molar-refractivity contribution in [2.75, 3.05) is 39.2 Å². The number of nitrogens with one attached hydrogen (secondary N) is 2. The Bertz CT molecular complexity index is 945. The molecule has 2 aromatic rings. The number of aromatic nitrogens is 2. The Hall–Kier alpha value is -3.31. The van der Waals surface area contributed by atoms with Crippen molar-refractivity contribution in [1.82, 2.24) is 20.6 Å². The molecule has 0 atom stereocenters. The molecule has 2 amide bonds. The van der Waals surface area contributed by atoms with Crippen molar-refractivity contribution in [3.63, 3.8) is 0 Å². The van der Waals surface area contributed by atoms with Gasteiger partial charge in [0.25, 0.3) is 0 Å². The van der Waals surface area contributed by atoms with Crippen LogP contribution in [0.3, 0.4) is 0 Å². The van der Waals surface area contributed by atoms with E-state index in [1.54, 1.807) is 7.11 Å². The van der Waals surface area contributed by atoms with Crippen LogP contribution in [0.25, 0.3) is 11.0 Å². The molecule has 12 heteroatoms. The number of alkyl carbamates (subject to hydrolysis) is 1. The number of fused-ring (bicyclic) bond motifs is 1. The maximum Gasteiger partial charge on any atom is 0.471 e. The van der Waals surface area contributed by atoms with Gasteiger partial charge in [0.2, 0.25) is 5.88 Å². The van der Waals surface area contributed by atoms with E-state index in [2.05, 4.69) is 20.2 Å². The van der Waals surface area contributed by atoms with Gasteiger partial charge in [0.05, 0.1) is 18.3 Å². The molecule has 0 saturated carbocycles. The Morgan fingerprint density at radius 2 is 1.50 bits per heavy atom. The van der Waals surface area contributed by atoms with Crippen LogP contribution in [-0.4, -0.2) is 68.0 Å². The van der Waals surface area contributed by atoms with E-state index in [0.717, 1.165) is 31.2 Å². The van der Waals surface area contributed by atoms with Gasteiger partial charge in [-0.05, 0) is 45.7 Å². The Balaban J connectivity index is 0. The van der Waals surface area contributed by atoms with Gasteiger partial charge < -0.3 is 25.0 Å². The van der Waals surface area contributed by atoms with E-state index in [-0.39, 0.29) is 11.7 Å². The molecule has 218 valence electrons. The van der Waals surface area contributed by atoms with Crippen LogP contribution in [0.4, 0.5) is 23.7 Å². The standard InChI is InChI=1S/C13H15N3O.C6H13NO2.C3H4F3NO.2C2H6/c1-17-12-5-4-10-13(15-12)11(6-7-14-10)16-8-2-3-9-16;1-6(2,3)9-5(8)7-4;1-7-2(8)3(4,5)6;2*1-2/h4-7H,2-3,8-9H2,1H3;1-4H3,(H,7,8);1H3,(H,7,8);2*1-2H3. The topological polar surface area (TPSA) is 106 Å². The van der Waals surface area contributed by atoms with Gasteiger partial charge in [-0.25, -0.2) is 9.78 Å². The first-order chi connectivity index (χ1) is 17.8. The number of pyridine rings is 2. The highest BCUT2D eigenvalue weighted by Crippen LogP contribution is 2.28. The third-order valence-corrected chi connectivity index (χ3v) is 4.28. The van der Waals surface area contributed by atoms with Crippen LogP contribution >= 0.6 is 0 Å². The molecule has 1 aliphatic heterocycles. The number of alkyl halides is 3. The van der Waals surface area contributed by atoms with Crippen molar-refractivity contribution in [2.24, 2.45) is 0 Å². The second-order valence-electron chi connectivity index (χ2n) is 8.07. The Kier molecular flexibility index (Phi) is 18.3. The van der Waals surface area contributed by atoms with Gasteiger partial charge in [-0.1, -0.05) is 27.7 Å². The van der Waals surface area contributed by atoms with Gasteiger partial charge in [-0.15, -0.1) is 0 Å². The summed E-state index contributed by atoms with van der Waals surface area (Å²) in [4.78, 5) is 31.3. The van der Waals surface area contributed by atoms with Crippen LogP contribution in [0.15, 0.2) is 24.4 Å². The first-order valence-electron chi connectivity index (χ1n) is 12.6. The summed E-state index contributed by atoms with van der Waals surface area (Å²) in [5, 5.41) is 3.80. The van der Waals surface area contributed by atoms with Gasteiger partial charge in [0.15, 0.2) is 0 Å². The number of hydrogen-bond acceptors (Lipinski definition) is 7. The molecule has 0 unspecified atom stereocenters. The van der Waals surface area contributed by atoms with Crippen LogP contribution in [0.1, 0.15) is 61.3 Å². The molecule has 1 fully saturated rings. The van der Waals surface area contributed by atoms with Crippen molar-refractivity contribution in [3.05, 3.63) is 24.4 Å². The summed E-state index contributed by atoms with van der Waals surface area (Å²) >= 11 is 0. The Morgan fingerprint density at radius 1 is 0.947 bits per heavy atom. The highest BCUT2D eigenvalue weighted by Gasteiger charge is 2.37. The normalized spacial score (nSPS) is 12.1. The lowest BCUT2D eigenvalue weighted by Gasteiger charge is -2.18. The minimum atomic E-state index is -4.74. The summed E-state index contributed by atoms with van der Waals surface area (Å²) in [5.41, 5.74) is 2.65. The monoisotopic (exact) mass is 547 g/mol. The Morgan fingerprint density at radius 3 is 1.87 bits per heavy atom. The number of nitrogens with zero attached hydrogens (tertiary/aromatic N) is 3. The van der Waals surface area contributed by atoms with Crippen LogP contribution < -0.4 is 20.3 Å². The summed E-state index contributed by atoms with van der Waals surface area (Å²) in [6.45, 7) is 15.7. The molecule has 0 aliphatic carbocycles. The first kappa shape index (κ1) is 36.8. The van der Waals surface area contributed by atoms with E-state index >= 15 is 0 Å². The molecule has 0 spiro atoms. The number of halogens is 3. The zero-order chi connectivity index (χ0) is 29.9. The summed E-state index contributed by atoms with van der Waals surface area (Å²) < 4.78 is 43.1. The molecule has 1 saturated heterocycles. The van der Waals surface area contributed by atoms with Crippen molar-refractivity contribution >= 4 is 28.7 Å². The quantitative estimate of drug-likeness (QED) is 0.495. The summed E-state index contributed by atoms with van der Waals surface area (Å²) in [6, 6.07) is 5.85. The number of methoxy groups -OCH3 is 1. The lowest BCUT2D eigenvalue weighted by molar-refractivity contribution is -0.172. The summed E-state index contributed by atoms with van der Waals surface area (Å²) in [5.74, 6) is -1.27. The number of carbonyl (C=O) groups excluding carboxylic acids is 2. The lowest BCUT2D eigenvalue weighted by atomic mass is 10.2. The van der Waals surface area contributed by atoms with E-state index in [4.69, 9.17) is 9.47 Å². The molecule has 2 aromatic heterocycles. The van der Waals surface area contributed by atoms with E-state index in [0.29, 0.717) is 5.88 Å². The maximum absolute atomic E-state index is 11.0.